The van der Waals surface area contributed by atoms with E-state index in [0.717, 1.165) is 19.4 Å². The molecule has 0 amide bonds. The van der Waals surface area contributed by atoms with Gasteiger partial charge in [-0.2, -0.15) is 0 Å². The van der Waals surface area contributed by atoms with Crippen LogP contribution in [0.1, 0.15) is 30.1 Å². The minimum absolute atomic E-state index is 0.163. The molecule has 2 heterocycles. The highest BCUT2D eigenvalue weighted by Crippen LogP contribution is 2.26. The van der Waals surface area contributed by atoms with E-state index in [4.69, 9.17) is 4.74 Å². The van der Waals surface area contributed by atoms with Gasteiger partial charge < -0.3 is 15.2 Å². The molecule has 0 bridgehead atoms. The predicted molar refractivity (Wildman–Crippen MR) is 71.0 cm³/mol. The quantitative estimate of drug-likeness (QED) is 0.897. The van der Waals surface area contributed by atoms with E-state index in [1.54, 1.807) is 12.3 Å². The Balaban J connectivity index is 2.25. The fourth-order valence-corrected chi connectivity index (χ4v) is 2.35. The van der Waals surface area contributed by atoms with Crippen LogP contribution in [-0.2, 0) is 4.74 Å². The van der Waals surface area contributed by atoms with E-state index in [0.29, 0.717) is 16.9 Å². The topological polar surface area (TPSA) is 71.5 Å². The number of rotatable bonds is 3. The highest BCUT2D eigenvalue weighted by Gasteiger charge is 2.29. The van der Waals surface area contributed by atoms with Crippen LogP contribution in [0.5, 0.6) is 0 Å². The first-order chi connectivity index (χ1) is 8.50. The number of aromatic nitrogens is 1. The molecule has 0 spiro atoms. The minimum Gasteiger partial charge on any atom is -0.478 e. The number of anilines is 1. The molecule has 2 N–H and O–H groups in total. The van der Waals surface area contributed by atoms with Crippen LogP contribution < -0.4 is 5.32 Å². The third-order valence-electron chi connectivity index (χ3n) is 2.94. The van der Waals surface area contributed by atoms with E-state index in [2.05, 4.69) is 26.2 Å². The van der Waals surface area contributed by atoms with E-state index >= 15 is 0 Å². The number of ether oxygens (including phenoxy) is 1. The Bertz CT molecular complexity index is 459. The maximum absolute atomic E-state index is 11.2. The fourth-order valence-electron chi connectivity index (χ4n) is 2.02. The van der Waals surface area contributed by atoms with Gasteiger partial charge in [0.25, 0.3) is 0 Å². The van der Waals surface area contributed by atoms with Gasteiger partial charge in [-0.1, -0.05) is 0 Å². The molecule has 98 valence electrons. The van der Waals surface area contributed by atoms with Crippen molar-refractivity contribution in [2.75, 3.05) is 18.5 Å². The first kappa shape index (κ1) is 13.3. The third kappa shape index (κ3) is 3.00. The van der Waals surface area contributed by atoms with Crippen LogP contribution in [0.15, 0.2) is 16.7 Å². The van der Waals surface area contributed by atoms with Crippen molar-refractivity contribution in [3.8, 4) is 0 Å². The number of nitrogens with one attached hydrogen (secondary N) is 1. The van der Waals surface area contributed by atoms with Crippen molar-refractivity contribution in [1.82, 2.24) is 4.98 Å². The van der Waals surface area contributed by atoms with Gasteiger partial charge in [0.15, 0.2) is 0 Å². The molecule has 0 radical (unpaired) electrons. The molecule has 1 aromatic rings. The summed E-state index contributed by atoms with van der Waals surface area (Å²) in [6.07, 6.45) is 3.48. The second-order valence-corrected chi connectivity index (χ2v) is 5.61. The van der Waals surface area contributed by atoms with Crippen molar-refractivity contribution >= 4 is 27.7 Å². The van der Waals surface area contributed by atoms with E-state index < -0.39 is 5.97 Å². The highest BCUT2D eigenvalue weighted by atomic mass is 79.9. The van der Waals surface area contributed by atoms with Gasteiger partial charge in [-0.05, 0) is 41.8 Å². The first-order valence-corrected chi connectivity index (χ1v) is 6.54. The van der Waals surface area contributed by atoms with Crippen LogP contribution in [-0.4, -0.2) is 34.8 Å². The predicted octanol–water partition coefficient (Wildman–Crippen LogP) is 2.52. The summed E-state index contributed by atoms with van der Waals surface area (Å²) in [5, 5.41) is 12.4. The molecule has 1 aliphatic rings. The van der Waals surface area contributed by atoms with E-state index in [1.165, 1.54) is 0 Å². The summed E-state index contributed by atoms with van der Waals surface area (Å²) in [4.78, 5) is 15.3. The Hall–Kier alpha value is -1.14. The van der Waals surface area contributed by atoms with Gasteiger partial charge in [0.2, 0.25) is 0 Å². The van der Waals surface area contributed by atoms with Crippen LogP contribution in [0.4, 0.5) is 5.82 Å². The molecule has 0 aromatic carbocycles. The molecular formula is C12H15BrN2O3. The lowest BCUT2D eigenvalue weighted by Crippen LogP contribution is -2.43. The van der Waals surface area contributed by atoms with Crippen molar-refractivity contribution in [3.63, 3.8) is 0 Å². The Labute approximate surface area is 114 Å². The molecular weight excluding hydrogens is 300 g/mol. The Morgan fingerprint density at radius 1 is 1.67 bits per heavy atom. The molecule has 1 saturated heterocycles. The zero-order chi connectivity index (χ0) is 13.2. The molecule has 1 atom stereocenters. The number of halogens is 1. The van der Waals surface area contributed by atoms with Gasteiger partial charge in [0, 0.05) is 17.3 Å². The molecule has 18 heavy (non-hydrogen) atoms. The zero-order valence-electron chi connectivity index (χ0n) is 10.1. The van der Waals surface area contributed by atoms with Gasteiger partial charge in [-0.15, -0.1) is 0 Å². The van der Waals surface area contributed by atoms with E-state index in [1.807, 2.05) is 6.92 Å². The molecule has 1 aromatic heterocycles. The van der Waals surface area contributed by atoms with Crippen molar-refractivity contribution in [2.45, 2.75) is 25.3 Å². The number of carboxylic acids is 1. The lowest BCUT2D eigenvalue weighted by Gasteiger charge is -2.35. The van der Waals surface area contributed by atoms with Crippen LogP contribution in [0.25, 0.3) is 0 Å². The Kier molecular flexibility index (Phi) is 3.87. The van der Waals surface area contributed by atoms with Crippen LogP contribution >= 0.6 is 15.9 Å². The average molecular weight is 315 g/mol. The second kappa shape index (κ2) is 5.24. The Morgan fingerprint density at radius 3 is 3.06 bits per heavy atom. The summed E-state index contributed by atoms with van der Waals surface area (Å²) in [5.41, 5.74) is -0.0975. The number of carboxylic acid groups (broad SMARTS) is 1. The average Bonchev–Trinajstić information content (AvgIpc) is 2.32. The molecule has 5 nitrogen and oxygen atoms in total. The van der Waals surface area contributed by atoms with Crippen LogP contribution in [0.2, 0.25) is 0 Å². The zero-order valence-corrected chi connectivity index (χ0v) is 11.7. The molecule has 0 aliphatic carbocycles. The molecule has 1 fully saturated rings. The van der Waals surface area contributed by atoms with E-state index in [9.17, 15) is 9.90 Å². The maximum atomic E-state index is 11.2. The van der Waals surface area contributed by atoms with Gasteiger partial charge in [0.05, 0.1) is 12.1 Å². The summed E-state index contributed by atoms with van der Waals surface area (Å²) >= 11 is 3.22. The normalized spacial score (nSPS) is 23.7. The monoisotopic (exact) mass is 314 g/mol. The lowest BCUT2D eigenvalue weighted by atomic mass is 9.94. The number of pyridine rings is 1. The standard InChI is InChI=1S/C12H15BrN2O3/c1-12(3-2-4-18-7-12)15-10-9(11(16)17)5-8(13)6-14-10/h5-6H,2-4,7H2,1H3,(H,14,15)(H,16,17). The first-order valence-electron chi connectivity index (χ1n) is 5.75. The molecule has 6 heteroatoms. The summed E-state index contributed by atoms with van der Waals surface area (Å²) < 4.78 is 6.08. The number of hydrogen-bond donors (Lipinski definition) is 2. The molecule has 1 aliphatic heterocycles. The number of carbonyl (C=O) groups is 1. The molecule has 2 rings (SSSR count). The maximum Gasteiger partial charge on any atom is 0.339 e. The lowest BCUT2D eigenvalue weighted by molar-refractivity contribution is 0.0537. The van der Waals surface area contributed by atoms with Crippen LogP contribution in [0.3, 0.4) is 0 Å². The minimum atomic E-state index is -0.994. The number of aromatic carboxylic acids is 1. The summed E-state index contributed by atoms with van der Waals surface area (Å²) in [6, 6.07) is 1.55. The molecule has 0 saturated carbocycles. The SMILES string of the molecule is CC1(Nc2ncc(Br)cc2C(=O)O)CCCOC1. The van der Waals surface area contributed by atoms with Gasteiger partial charge in [-0.25, -0.2) is 9.78 Å². The van der Waals surface area contributed by atoms with E-state index in [-0.39, 0.29) is 11.1 Å². The number of hydrogen-bond acceptors (Lipinski definition) is 4. The molecule has 1 unspecified atom stereocenters. The third-order valence-corrected chi connectivity index (χ3v) is 3.38. The number of nitrogens with zero attached hydrogens (tertiary/aromatic N) is 1. The van der Waals surface area contributed by atoms with Crippen LogP contribution in [0, 0.1) is 0 Å². The smallest absolute Gasteiger partial charge is 0.339 e. The summed E-state index contributed by atoms with van der Waals surface area (Å²) in [5.74, 6) is -0.606. The Morgan fingerprint density at radius 2 is 2.44 bits per heavy atom. The highest BCUT2D eigenvalue weighted by molar-refractivity contribution is 9.10. The van der Waals surface area contributed by atoms with Crippen molar-refractivity contribution in [2.24, 2.45) is 0 Å². The van der Waals surface area contributed by atoms with Gasteiger partial charge in [-0.3, -0.25) is 0 Å². The second-order valence-electron chi connectivity index (χ2n) is 4.70. The summed E-state index contributed by atoms with van der Waals surface area (Å²) in [7, 11) is 0. The fraction of sp³-hybridized carbons (Fsp3) is 0.500. The van der Waals surface area contributed by atoms with Gasteiger partial charge >= 0.3 is 5.97 Å². The summed E-state index contributed by atoms with van der Waals surface area (Å²) in [6.45, 7) is 3.34. The van der Waals surface area contributed by atoms with Crippen molar-refractivity contribution in [3.05, 3.63) is 22.3 Å². The van der Waals surface area contributed by atoms with Crippen molar-refractivity contribution < 1.29 is 14.6 Å². The van der Waals surface area contributed by atoms with Gasteiger partial charge in [0.1, 0.15) is 11.4 Å². The van der Waals surface area contributed by atoms with Crippen molar-refractivity contribution in [1.29, 1.82) is 0 Å². The largest absolute Gasteiger partial charge is 0.478 e.